The molecule has 3 rings (SSSR count). The van der Waals surface area contributed by atoms with Crippen molar-refractivity contribution >= 4 is 17.5 Å². The van der Waals surface area contributed by atoms with Crippen LogP contribution in [-0.2, 0) is 6.54 Å². The standard InChI is InChI=1S/C19H22N6O/c1-13(25-19-11-16(26-2)5-8-23-19)15-4-7-22-18(10-15)24-12-14-3-6-21-17(20)9-14/h3-11,13H,12H2,1-2H3,(H2,20,21)(H,22,24)(H,23,25). The lowest BCUT2D eigenvalue weighted by molar-refractivity contribution is 0.414. The van der Waals surface area contributed by atoms with E-state index in [4.69, 9.17) is 10.5 Å². The van der Waals surface area contributed by atoms with Gasteiger partial charge in [-0.3, -0.25) is 0 Å². The molecule has 0 amide bonds. The summed E-state index contributed by atoms with van der Waals surface area (Å²) < 4.78 is 5.23. The molecular formula is C19H22N6O. The molecule has 0 spiro atoms. The van der Waals surface area contributed by atoms with Gasteiger partial charge in [0.25, 0.3) is 0 Å². The quantitative estimate of drug-likeness (QED) is 0.601. The SMILES string of the molecule is COc1ccnc(NC(C)c2ccnc(NCc3ccnc(N)c3)c2)c1. The van der Waals surface area contributed by atoms with E-state index in [1.807, 2.05) is 36.4 Å². The largest absolute Gasteiger partial charge is 0.497 e. The Kier molecular flexibility index (Phi) is 5.48. The molecule has 0 aliphatic rings. The first-order chi connectivity index (χ1) is 12.6. The molecule has 134 valence electrons. The summed E-state index contributed by atoms with van der Waals surface area (Å²) in [5.41, 5.74) is 7.86. The average molecular weight is 350 g/mol. The third-order valence-corrected chi connectivity index (χ3v) is 3.93. The molecule has 26 heavy (non-hydrogen) atoms. The van der Waals surface area contributed by atoms with Gasteiger partial charge >= 0.3 is 0 Å². The maximum Gasteiger partial charge on any atom is 0.130 e. The predicted molar refractivity (Wildman–Crippen MR) is 103 cm³/mol. The highest BCUT2D eigenvalue weighted by Crippen LogP contribution is 2.22. The van der Waals surface area contributed by atoms with Gasteiger partial charge in [-0.2, -0.15) is 0 Å². The number of anilines is 3. The number of nitrogen functional groups attached to an aromatic ring is 1. The predicted octanol–water partition coefficient (Wildman–Crippen LogP) is 3.25. The van der Waals surface area contributed by atoms with Crippen LogP contribution >= 0.6 is 0 Å². The molecule has 3 heterocycles. The molecule has 0 saturated carbocycles. The van der Waals surface area contributed by atoms with Crippen LogP contribution in [0, 0.1) is 0 Å². The molecule has 3 aromatic heterocycles. The van der Waals surface area contributed by atoms with Gasteiger partial charge in [0, 0.05) is 31.2 Å². The second kappa shape index (κ2) is 8.15. The smallest absolute Gasteiger partial charge is 0.130 e. The van der Waals surface area contributed by atoms with E-state index >= 15 is 0 Å². The van der Waals surface area contributed by atoms with Crippen LogP contribution in [0.2, 0.25) is 0 Å². The number of rotatable bonds is 7. The minimum atomic E-state index is 0.0646. The van der Waals surface area contributed by atoms with Gasteiger partial charge in [0.2, 0.25) is 0 Å². The molecule has 0 bridgehead atoms. The van der Waals surface area contributed by atoms with Crippen molar-refractivity contribution in [2.45, 2.75) is 19.5 Å². The van der Waals surface area contributed by atoms with Crippen molar-refractivity contribution in [2.24, 2.45) is 0 Å². The molecule has 0 aliphatic carbocycles. The van der Waals surface area contributed by atoms with E-state index in [1.165, 1.54) is 0 Å². The molecule has 0 aliphatic heterocycles. The molecule has 0 aromatic carbocycles. The van der Waals surface area contributed by atoms with E-state index in [-0.39, 0.29) is 6.04 Å². The number of nitrogens with zero attached hydrogens (tertiary/aromatic N) is 3. The first kappa shape index (κ1) is 17.5. The van der Waals surface area contributed by atoms with Crippen molar-refractivity contribution in [1.29, 1.82) is 0 Å². The van der Waals surface area contributed by atoms with E-state index in [2.05, 4.69) is 32.5 Å². The van der Waals surface area contributed by atoms with Crippen LogP contribution < -0.4 is 21.1 Å². The third kappa shape index (κ3) is 4.60. The Labute approximate surface area is 152 Å². The van der Waals surface area contributed by atoms with Gasteiger partial charge < -0.3 is 21.1 Å². The van der Waals surface area contributed by atoms with Crippen LogP contribution in [0.25, 0.3) is 0 Å². The number of nitrogens with one attached hydrogen (secondary N) is 2. The van der Waals surface area contributed by atoms with Crippen molar-refractivity contribution in [1.82, 2.24) is 15.0 Å². The van der Waals surface area contributed by atoms with Gasteiger partial charge in [0.1, 0.15) is 23.2 Å². The van der Waals surface area contributed by atoms with Gasteiger partial charge in [-0.15, -0.1) is 0 Å². The number of methoxy groups -OCH3 is 1. The lowest BCUT2D eigenvalue weighted by atomic mass is 10.1. The minimum absolute atomic E-state index is 0.0646. The fraction of sp³-hybridized carbons (Fsp3) is 0.211. The first-order valence-corrected chi connectivity index (χ1v) is 8.31. The fourth-order valence-electron chi connectivity index (χ4n) is 2.53. The molecule has 1 atom stereocenters. The zero-order chi connectivity index (χ0) is 18.4. The summed E-state index contributed by atoms with van der Waals surface area (Å²) in [7, 11) is 1.64. The number of pyridine rings is 3. The van der Waals surface area contributed by atoms with E-state index in [0.29, 0.717) is 12.4 Å². The molecule has 0 saturated heterocycles. The summed E-state index contributed by atoms with van der Waals surface area (Å²) in [5.74, 6) is 2.83. The molecule has 7 nitrogen and oxygen atoms in total. The van der Waals surface area contributed by atoms with Crippen LogP contribution in [0.1, 0.15) is 24.1 Å². The zero-order valence-electron chi connectivity index (χ0n) is 14.8. The molecule has 3 aromatic rings. The molecule has 4 N–H and O–H groups in total. The summed E-state index contributed by atoms with van der Waals surface area (Å²) >= 11 is 0. The van der Waals surface area contributed by atoms with E-state index < -0.39 is 0 Å². The Bertz CT molecular complexity index is 870. The summed E-state index contributed by atoms with van der Waals surface area (Å²) in [4.78, 5) is 12.7. The third-order valence-electron chi connectivity index (χ3n) is 3.93. The normalized spacial score (nSPS) is 11.6. The average Bonchev–Trinajstić information content (AvgIpc) is 2.67. The number of ether oxygens (including phenoxy) is 1. The van der Waals surface area contributed by atoms with E-state index in [0.717, 1.165) is 28.5 Å². The Hall–Kier alpha value is -3.35. The van der Waals surface area contributed by atoms with Gasteiger partial charge in [-0.25, -0.2) is 15.0 Å². The number of aromatic nitrogens is 3. The highest BCUT2D eigenvalue weighted by atomic mass is 16.5. The van der Waals surface area contributed by atoms with Crippen molar-refractivity contribution in [3.05, 3.63) is 66.1 Å². The van der Waals surface area contributed by atoms with E-state index in [1.54, 1.807) is 25.7 Å². The summed E-state index contributed by atoms with van der Waals surface area (Å²) in [6.07, 6.45) is 5.20. The molecule has 0 radical (unpaired) electrons. The highest BCUT2D eigenvalue weighted by molar-refractivity contribution is 5.45. The van der Waals surface area contributed by atoms with Crippen LogP contribution in [0.5, 0.6) is 5.75 Å². The summed E-state index contributed by atoms with van der Waals surface area (Å²) in [5, 5.41) is 6.68. The van der Waals surface area contributed by atoms with Crippen LogP contribution in [0.3, 0.4) is 0 Å². The topological polar surface area (TPSA) is 98.0 Å². The maximum atomic E-state index is 5.71. The minimum Gasteiger partial charge on any atom is -0.497 e. The fourth-order valence-corrected chi connectivity index (χ4v) is 2.53. The molecule has 1 unspecified atom stereocenters. The second-order valence-corrected chi connectivity index (χ2v) is 5.86. The van der Waals surface area contributed by atoms with Crippen molar-refractivity contribution in [3.8, 4) is 5.75 Å². The van der Waals surface area contributed by atoms with Crippen LogP contribution in [0.15, 0.2) is 55.0 Å². The lowest BCUT2D eigenvalue weighted by Gasteiger charge is -2.16. The van der Waals surface area contributed by atoms with Gasteiger partial charge in [-0.1, -0.05) is 0 Å². The monoisotopic (exact) mass is 350 g/mol. The van der Waals surface area contributed by atoms with Crippen LogP contribution in [0.4, 0.5) is 17.5 Å². The Morgan fingerprint density at radius 3 is 2.58 bits per heavy atom. The Morgan fingerprint density at radius 1 is 1.00 bits per heavy atom. The van der Waals surface area contributed by atoms with Gasteiger partial charge in [0.15, 0.2) is 0 Å². The summed E-state index contributed by atoms with van der Waals surface area (Å²) in [6, 6.07) is 11.5. The first-order valence-electron chi connectivity index (χ1n) is 8.31. The maximum absolute atomic E-state index is 5.71. The summed E-state index contributed by atoms with van der Waals surface area (Å²) in [6.45, 7) is 2.70. The van der Waals surface area contributed by atoms with Gasteiger partial charge in [0.05, 0.1) is 13.2 Å². The Balaban J connectivity index is 1.65. The van der Waals surface area contributed by atoms with Gasteiger partial charge in [-0.05, 0) is 48.4 Å². The number of nitrogens with two attached hydrogens (primary N) is 1. The zero-order valence-corrected chi connectivity index (χ0v) is 14.8. The highest BCUT2D eigenvalue weighted by Gasteiger charge is 2.08. The second-order valence-electron chi connectivity index (χ2n) is 5.86. The molecule has 7 heteroatoms. The molecular weight excluding hydrogens is 328 g/mol. The van der Waals surface area contributed by atoms with Crippen molar-refractivity contribution < 1.29 is 4.74 Å². The van der Waals surface area contributed by atoms with Crippen molar-refractivity contribution in [2.75, 3.05) is 23.5 Å². The molecule has 0 fully saturated rings. The lowest BCUT2D eigenvalue weighted by Crippen LogP contribution is -2.09. The van der Waals surface area contributed by atoms with E-state index in [9.17, 15) is 0 Å². The number of hydrogen-bond acceptors (Lipinski definition) is 7. The van der Waals surface area contributed by atoms with Crippen molar-refractivity contribution in [3.63, 3.8) is 0 Å². The van der Waals surface area contributed by atoms with Crippen LogP contribution in [-0.4, -0.2) is 22.1 Å². The number of hydrogen-bond donors (Lipinski definition) is 3. The Morgan fingerprint density at radius 2 is 1.77 bits per heavy atom.